The number of hydrogen-bond acceptors (Lipinski definition) is 5. The van der Waals surface area contributed by atoms with Crippen LogP contribution < -0.4 is 4.90 Å². The highest BCUT2D eigenvalue weighted by Gasteiger charge is 2.36. The van der Waals surface area contributed by atoms with Crippen molar-refractivity contribution < 1.29 is 27.1 Å². The van der Waals surface area contributed by atoms with Gasteiger partial charge in [-0.15, -0.1) is 0 Å². The number of alkyl halides is 3. The van der Waals surface area contributed by atoms with Gasteiger partial charge in [-0.1, -0.05) is 0 Å². The third-order valence-electron chi connectivity index (χ3n) is 4.98. The molecule has 154 valence electrons. The molecule has 2 aromatic rings. The number of nitriles is 1. The van der Waals surface area contributed by atoms with Crippen LogP contribution in [-0.2, 0) is 10.9 Å². The summed E-state index contributed by atoms with van der Waals surface area (Å²) in [5.41, 5.74) is -0.590. The Balaban J connectivity index is 1.87. The molecular formula is C20H20F3N3O3. The van der Waals surface area contributed by atoms with Crippen molar-refractivity contribution in [1.29, 1.82) is 5.26 Å². The lowest BCUT2D eigenvalue weighted by molar-refractivity contribution is -0.137. The van der Waals surface area contributed by atoms with Crippen LogP contribution in [-0.4, -0.2) is 50.2 Å². The fourth-order valence-corrected chi connectivity index (χ4v) is 3.53. The number of amides is 1. The normalized spacial score (nSPS) is 17.3. The van der Waals surface area contributed by atoms with E-state index in [4.69, 9.17) is 14.4 Å². The van der Waals surface area contributed by atoms with Crippen LogP contribution in [0.3, 0.4) is 0 Å². The van der Waals surface area contributed by atoms with E-state index in [1.807, 2.05) is 0 Å². The number of aryl methyl sites for hydroxylation is 1. The van der Waals surface area contributed by atoms with Crippen LogP contribution in [0.15, 0.2) is 34.9 Å². The standard InChI is InChI=1S/C20H20F3N3O3/c1-13-17(5-8-29-13)19(27)25-6-7-26(16(11-25)12-28-2)15-4-3-14(10-24)18(9-15)20(21,22)23/h3-5,8-9,16H,6-7,11-12H2,1-2H3. The second-order valence-electron chi connectivity index (χ2n) is 6.78. The molecule has 1 atom stereocenters. The maximum atomic E-state index is 13.3. The van der Waals surface area contributed by atoms with Gasteiger partial charge in [0.25, 0.3) is 5.91 Å². The minimum Gasteiger partial charge on any atom is -0.469 e. The quantitative estimate of drug-likeness (QED) is 0.777. The summed E-state index contributed by atoms with van der Waals surface area (Å²) in [6.45, 7) is 2.89. The van der Waals surface area contributed by atoms with Gasteiger partial charge in [0.05, 0.1) is 41.7 Å². The van der Waals surface area contributed by atoms with Gasteiger partial charge < -0.3 is 19.0 Å². The number of piperazine rings is 1. The highest BCUT2D eigenvalue weighted by molar-refractivity contribution is 5.95. The number of furan rings is 1. The molecule has 9 heteroatoms. The van der Waals surface area contributed by atoms with E-state index in [9.17, 15) is 18.0 Å². The lowest BCUT2D eigenvalue weighted by Crippen LogP contribution is -2.56. The molecule has 3 rings (SSSR count). The number of carbonyl (C=O) groups is 1. The molecule has 6 nitrogen and oxygen atoms in total. The van der Waals surface area contributed by atoms with Crippen LogP contribution in [0.1, 0.15) is 27.2 Å². The number of carbonyl (C=O) groups excluding carboxylic acids is 1. The molecule has 1 aliphatic heterocycles. The Labute approximate surface area is 166 Å². The summed E-state index contributed by atoms with van der Waals surface area (Å²) in [5, 5.41) is 8.99. The Morgan fingerprint density at radius 2 is 2.10 bits per heavy atom. The first kappa shape index (κ1) is 20.7. The molecule has 1 aromatic heterocycles. The second-order valence-corrected chi connectivity index (χ2v) is 6.78. The number of nitrogens with zero attached hydrogens (tertiary/aromatic N) is 3. The van der Waals surface area contributed by atoms with Crippen LogP contribution >= 0.6 is 0 Å². The van der Waals surface area contributed by atoms with Gasteiger partial charge in [-0.3, -0.25) is 4.79 Å². The summed E-state index contributed by atoms with van der Waals surface area (Å²) in [7, 11) is 1.50. The average Bonchev–Trinajstić information content (AvgIpc) is 3.12. The Bertz CT molecular complexity index is 933. The fraction of sp³-hybridized carbons (Fsp3) is 0.400. The zero-order valence-electron chi connectivity index (χ0n) is 16.0. The predicted molar refractivity (Wildman–Crippen MR) is 98.5 cm³/mol. The molecule has 2 heterocycles. The Kier molecular flexibility index (Phi) is 5.84. The summed E-state index contributed by atoms with van der Waals surface area (Å²) < 4.78 is 50.4. The Morgan fingerprint density at radius 1 is 1.34 bits per heavy atom. The SMILES string of the molecule is COCC1CN(C(=O)c2ccoc2C)CCN1c1ccc(C#N)c(C(F)(F)F)c1. The number of benzene rings is 1. The van der Waals surface area contributed by atoms with E-state index in [-0.39, 0.29) is 18.6 Å². The minimum atomic E-state index is -4.63. The monoisotopic (exact) mass is 407 g/mol. The van der Waals surface area contributed by atoms with E-state index in [0.717, 1.165) is 6.07 Å². The molecule has 1 saturated heterocycles. The van der Waals surface area contributed by atoms with Crippen molar-refractivity contribution in [3.05, 3.63) is 53.0 Å². The number of hydrogen-bond donors (Lipinski definition) is 0. The topological polar surface area (TPSA) is 69.7 Å². The van der Waals surface area contributed by atoms with E-state index in [1.165, 1.54) is 25.5 Å². The van der Waals surface area contributed by atoms with Crippen molar-refractivity contribution in [2.75, 3.05) is 38.3 Å². The molecule has 0 bridgehead atoms. The third kappa shape index (κ3) is 4.22. The summed E-state index contributed by atoms with van der Waals surface area (Å²) in [6, 6.07) is 6.51. The van der Waals surface area contributed by atoms with Gasteiger partial charge in [-0.25, -0.2) is 0 Å². The number of methoxy groups -OCH3 is 1. The minimum absolute atomic E-state index is 0.187. The van der Waals surface area contributed by atoms with Crippen molar-refractivity contribution in [2.45, 2.75) is 19.1 Å². The number of anilines is 1. The molecule has 1 aliphatic rings. The second kappa shape index (κ2) is 8.17. The van der Waals surface area contributed by atoms with Crippen molar-refractivity contribution in [3.8, 4) is 6.07 Å². The maximum absolute atomic E-state index is 13.3. The fourth-order valence-electron chi connectivity index (χ4n) is 3.53. The highest BCUT2D eigenvalue weighted by atomic mass is 19.4. The molecular weight excluding hydrogens is 387 g/mol. The van der Waals surface area contributed by atoms with Crippen LogP contribution in [0.2, 0.25) is 0 Å². The van der Waals surface area contributed by atoms with Crippen LogP contribution in [0, 0.1) is 18.3 Å². The van der Waals surface area contributed by atoms with Crippen molar-refractivity contribution in [1.82, 2.24) is 4.90 Å². The van der Waals surface area contributed by atoms with Crippen molar-refractivity contribution >= 4 is 11.6 Å². The van der Waals surface area contributed by atoms with Gasteiger partial charge in [0.15, 0.2) is 0 Å². The molecule has 1 aromatic carbocycles. The molecule has 29 heavy (non-hydrogen) atoms. The summed E-state index contributed by atoms with van der Waals surface area (Å²) in [5.74, 6) is 0.329. The number of rotatable bonds is 4. The first-order chi connectivity index (χ1) is 13.8. The van der Waals surface area contributed by atoms with E-state index < -0.39 is 17.3 Å². The summed E-state index contributed by atoms with van der Waals surface area (Å²) in [4.78, 5) is 16.2. The van der Waals surface area contributed by atoms with Crippen molar-refractivity contribution in [2.24, 2.45) is 0 Å². The molecule has 1 unspecified atom stereocenters. The highest BCUT2D eigenvalue weighted by Crippen LogP contribution is 2.35. The van der Waals surface area contributed by atoms with Crippen molar-refractivity contribution in [3.63, 3.8) is 0 Å². The molecule has 0 aliphatic carbocycles. The molecule has 1 amide bonds. The number of ether oxygens (including phenoxy) is 1. The van der Waals surface area contributed by atoms with Gasteiger partial charge >= 0.3 is 6.18 Å². The predicted octanol–water partition coefficient (Wildman–Crippen LogP) is 3.46. The van der Waals surface area contributed by atoms with Gasteiger partial charge in [-0.2, -0.15) is 18.4 Å². The zero-order valence-corrected chi connectivity index (χ0v) is 16.0. The molecule has 0 spiro atoms. The lowest BCUT2D eigenvalue weighted by atomic mass is 10.0. The largest absolute Gasteiger partial charge is 0.469 e. The summed E-state index contributed by atoms with van der Waals surface area (Å²) >= 11 is 0. The average molecular weight is 407 g/mol. The molecule has 1 fully saturated rings. The van der Waals surface area contributed by atoms with Gasteiger partial charge in [0.1, 0.15) is 5.76 Å². The van der Waals surface area contributed by atoms with Gasteiger partial charge in [-0.05, 0) is 31.2 Å². The molecule has 0 N–H and O–H groups in total. The lowest BCUT2D eigenvalue weighted by Gasteiger charge is -2.42. The molecule has 0 saturated carbocycles. The van der Waals surface area contributed by atoms with Crippen LogP contribution in [0.25, 0.3) is 0 Å². The Hall–Kier alpha value is -2.99. The van der Waals surface area contributed by atoms with E-state index in [1.54, 1.807) is 28.9 Å². The first-order valence-electron chi connectivity index (χ1n) is 8.96. The van der Waals surface area contributed by atoms with E-state index >= 15 is 0 Å². The Morgan fingerprint density at radius 3 is 2.69 bits per heavy atom. The first-order valence-corrected chi connectivity index (χ1v) is 8.96. The van der Waals surface area contributed by atoms with Gasteiger partial charge in [0.2, 0.25) is 0 Å². The smallest absolute Gasteiger partial charge is 0.417 e. The van der Waals surface area contributed by atoms with Crippen LogP contribution in [0.5, 0.6) is 0 Å². The molecule has 0 radical (unpaired) electrons. The number of halogens is 3. The maximum Gasteiger partial charge on any atom is 0.417 e. The van der Waals surface area contributed by atoms with E-state index in [2.05, 4.69) is 0 Å². The van der Waals surface area contributed by atoms with E-state index in [0.29, 0.717) is 36.6 Å². The zero-order chi connectivity index (χ0) is 21.2. The van der Waals surface area contributed by atoms with Crippen LogP contribution in [0.4, 0.5) is 18.9 Å². The summed E-state index contributed by atoms with van der Waals surface area (Å²) in [6.07, 6.45) is -3.19. The van der Waals surface area contributed by atoms with Gasteiger partial charge in [0, 0.05) is 32.4 Å². The third-order valence-corrected chi connectivity index (χ3v) is 4.98.